The van der Waals surface area contributed by atoms with Gasteiger partial charge < -0.3 is 5.11 Å². The fourth-order valence-corrected chi connectivity index (χ4v) is 1.53. The molecule has 0 aliphatic carbocycles. The van der Waals surface area contributed by atoms with Gasteiger partial charge in [0.2, 0.25) is 0 Å². The molecule has 0 aromatic heterocycles. The minimum absolute atomic E-state index is 0.197. The SMILES string of the molecule is C=CC[C@@H](O)C(CC)C(C)C. The molecule has 2 atom stereocenters. The van der Waals surface area contributed by atoms with Crippen LogP contribution in [0.3, 0.4) is 0 Å². The molecule has 0 saturated carbocycles. The maximum absolute atomic E-state index is 9.61. The first kappa shape index (κ1) is 10.7. The zero-order valence-corrected chi connectivity index (χ0v) is 7.88. The number of hydrogen-bond acceptors (Lipinski definition) is 1. The summed E-state index contributed by atoms with van der Waals surface area (Å²) in [6.45, 7) is 10.0. The Kier molecular flexibility index (Phi) is 5.22. The molecule has 66 valence electrons. The smallest absolute Gasteiger partial charge is 0.0605 e. The Morgan fingerprint density at radius 1 is 1.45 bits per heavy atom. The summed E-state index contributed by atoms with van der Waals surface area (Å²) in [5, 5.41) is 9.61. The second-order valence-electron chi connectivity index (χ2n) is 3.41. The molecule has 0 spiro atoms. The average molecular weight is 156 g/mol. The lowest BCUT2D eigenvalue weighted by atomic mass is 9.86. The zero-order valence-electron chi connectivity index (χ0n) is 7.88. The van der Waals surface area contributed by atoms with Crippen molar-refractivity contribution >= 4 is 0 Å². The third-order valence-electron chi connectivity index (χ3n) is 2.23. The summed E-state index contributed by atoms with van der Waals surface area (Å²) >= 11 is 0. The van der Waals surface area contributed by atoms with Crippen LogP contribution in [0.5, 0.6) is 0 Å². The van der Waals surface area contributed by atoms with Gasteiger partial charge in [-0.2, -0.15) is 0 Å². The lowest BCUT2D eigenvalue weighted by Gasteiger charge is -2.23. The molecule has 0 heterocycles. The van der Waals surface area contributed by atoms with Crippen molar-refractivity contribution in [3.8, 4) is 0 Å². The summed E-state index contributed by atoms with van der Waals surface area (Å²) in [6.07, 6.45) is 3.36. The molecular weight excluding hydrogens is 136 g/mol. The van der Waals surface area contributed by atoms with Crippen LogP contribution in [-0.2, 0) is 0 Å². The van der Waals surface area contributed by atoms with Crippen LogP contribution >= 0.6 is 0 Å². The molecule has 11 heavy (non-hydrogen) atoms. The molecular formula is C10H20O. The Morgan fingerprint density at radius 3 is 2.27 bits per heavy atom. The van der Waals surface area contributed by atoms with Crippen molar-refractivity contribution in [2.24, 2.45) is 11.8 Å². The molecule has 0 bridgehead atoms. The minimum Gasteiger partial charge on any atom is -0.393 e. The summed E-state index contributed by atoms with van der Waals surface area (Å²) < 4.78 is 0. The van der Waals surface area contributed by atoms with Crippen LogP contribution in [0.2, 0.25) is 0 Å². The van der Waals surface area contributed by atoms with Gasteiger partial charge in [-0.25, -0.2) is 0 Å². The minimum atomic E-state index is -0.197. The van der Waals surface area contributed by atoms with Crippen molar-refractivity contribution in [2.75, 3.05) is 0 Å². The van der Waals surface area contributed by atoms with Crippen molar-refractivity contribution in [3.63, 3.8) is 0 Å². The van der Waals surface area contributed by atoms with Crippen molar-refractivity contribution in [1.82, 2.24) is 0 Å². The van der Waals surface area contributed by atoms with Gasteiger partial charge in [-0.15, -0.1) is 6.58 Å². The van der Waals surface area contributed by atoms with Gasteiger partial charge in [-0.3, -0.25) is 0 Å². The van der Waals surface area contributed by atoms with Crippen LogP contribution in [-0.4, -0.2) is 11.2 Å². The van der Waals surface area contributed by atoms with Crippen LogP contribution in [0.4, 0.5) is 0 Å². The highest BCUT2D eigenvalue weighted by atomic mass is 16.3. The van der Waals surface area contributed by atoms with E-state index in [0.29, 0.717) is 11.8 Å². The lowest BCUT2D eigenvalue weighted by molar-refractivity contribution is 0.0815. The van der Waals surface area contributed by atoms with Crippen molar-refractivity contribution in [3.05, 3.63) is 12.7 Å². The maximum atomic E-state index is 9.61. The van der Waals surface area contributed by atoms with E-state index in [0.717, 1.165) is 12.8 Å². The molecule has 0 aromatic carbocycles. The topological polar surface area (TPSA) is 20.2 Å². The number of rotatable bonds is 5. The molecule has 0 aliphatic rings. The van der Waals surface area contributed by atoms with E-state index in [4.69, 9.17) is 0 Å². The van der Waals surface area contributed by atoms with Gasteiger partial charge in [0.1, 0.15) is 0 Å². The quantitative estimate of drug-likeness (QED) is 0.607. The monoisotopic (exact) mass is 156 g/mol. The van der Waals surface area contributed by atoms with Gasteiger partial charge in [0.25, 0.3) is 0 Å². The van der Waals surface area contributed by atoms with Crippen LogP contribution < -0.4 is 0 Å². The molecule has 0 radical (unpaired) electrons. The second kappa shape index (κ2) is 5.36. The first-order valence-corrected chi connectivity index (χ1v) is 4.42. The fraction of sp³-hybridized carbons (Fsp3) is 0.800. The third kappa shape index (κ3) is 3.57. The fourth-order valence-electron chi connectivity index (χ4n) is 1.53. The molecule has 1 nitrogen and oxygen atoms in total. The Bertz CT molecular complexity index is 107. The van der Waals surface area contributed by atoms with Crippen LogP contribution in [0, 0.1) is 11.8 Å². The van der Waals surface area contributed by atoms with Gasteiger partial charge in [0, 0.05) is 0 Å². The largest absolute Gasteiger partial charge is 0.393 e. The predicted molar refractivity (Wildman–Crippen MR) is 49.4 cm³/mol. The summed E-state index contributed by atoms with van der Waals surface area (Å²) in [7, 11) is 0. The van der Waals surface area contributed by atoms with Crippen molar-refractivity contribution in [2.45, 2.75) is 39.7 Å². The van der Waals surface area contributed by atoms with E-state index >= 15 is 0 Å². The van der Waals surface area contributed by atoms with E-state index in [-0.39, 0.29) is 6.10 Å². The Balaban J connectivity index is 3.90. The van der Waals surface area contributed by atoms with Crippen LogP contribution in [0.1, 0.15) is 33.6 Å². The van der Waals surface area contributed by atoms with Gasteiger partial charge >= 0.3 is 0 Å². The first-order valence-electron chi connectivity index (χ1n) is 4.42. The highest BCUT2D eigenvalue weighted by Gasteiger charge is 2.18. The molecule has 0 aromatic rings. The van der Waals surface area contributed by atoms with Gasteiger partial charge in [-0.05, 0) is 18.3 Å². The first-order chi connectivity index (χ1) is 5.13. The van der Waals surface area contributed by atoms with E-state index in [1.54, 1.807) is 6.08 Å². The van der Waals surface area contributed by atoms with Crippen LogP contribution in [0.15, 0.2) is 12.7 Å². The van der Waals surface area contributed by atoms with Crippen molar-refractivity contribution < 1.29 is 5.11 Å². The van der Waals surface area contributed by atoms with E-state index in [2.05, 4.69) is 27.4 Å². The Morgan fingerprint density at radius 2 is 2.00 bits per heavy atom. The predicted octanol–water partition coefficient (Wildman–Crippen LogP) is 2.61. The summed E-state index contributed by atoms with van der Waals surface area (Å²) in [5.74, 6) is 0.989. The van der Waals surface area contributed by atoms with Crippen molar-refractivity contribution in [1.29, 1.82) is 0 Å². The molecule has 1 heteroatoms. The zero-order chi connectivity index (χ0) is 8.85. The van der Waals surface area contributed by atoms with E-state index in [9.17, 15) is 5.11 Å². The highest BCUT2D eigenvalue weighted by molar-refractivity contribution is 4.78. The molecule has 0 fully saturated rings. The van der Waals surface area contributed by atoms with E-state index in [1.165, 1.54) is 0 Å². The van der Waals surface area contributed by atoms with Crippen LogP contribution in [0.25, 0.3) is 0 Å². The Labute approximate surface area is 70.1 Å². The average Bonchev–Trinajstić information content (AvgIpc) is 1.88. The molecule has 0 amide bonds. The molecule has 1 unspecified atom stereocenters. The number of hydrogen-bond donors (Lipinski definition) is 1. The molecule has 1 N–H and O–H groups in total. The van der Waals surface area contributed by atoms with Gasteiger partial charge in [0.15, 0.2) is 0 Å². The standard InChI is InChI=1S/C10H20O/c1-5-7-10(11)9(6-2)8(3)4/h5,8-11H,1,6-7H2,2-4H3/t9?,10-/m1/s1. The van der Waals surface area contributed by atoms with E-state index < -0.39 is 0 Å². The maximum Gasteiger partial charge on any atom is 0.0605 e. The Hall–Kier alpha value is -0.300. The lowest BCUT2D eigenvalue weighted by Crippen LogP contribution is -2.23. The van der Waals surface area contributed by atoms with Gasteiger partial charge in [-0.1, -0.05) is 33.3 Å². The highest BCUT2D eigenvalue weighted by Crippen LogP contribution is 2.21. The summed E-state index contributed by atoms with van der Waals surface area (Å²) in [5.41, 5.74) is 0. The van der Waals surface area contributed by atoms with Gasteiger partial charge in [0.05, 0.1) is 6.10 Å². The molecule has 0 saturated heterocycles. The third-order valence-corrected chi connectivity index (χ3v) is 2.23. The number of aliphatic hydroxyl groups excluding tert-OH is 1. The summed E-state index contributed by atoms with van der Waals surface area (Å²) in [6, 6.07) is 0. The molecule has 0 rings (SSSR count). The number of aliphatic hydroxyl groups is 1. The second-order valence-corrected chi connectivity index (χ2v) is 3.41. The normalized spacial score (nSPS) is 16.5. The summed E-state index contributed by atoms with van der Waals surface area (Å²) in [4.78, 5) is 0. The molecule has 0 aliphatic heterocycles. The van der Waals surface area contributed by atoms with E-state index in [1.807, 2.05) is 0 Å².